The van der Waals surface area contributed by atoms with Gasteiger partial charge < -0.3 is 9.80 Å². The molecule has 3 saturated carbocycles. The van der Waals surface area contributed by atoms with Crippen LogP contribution < -0.4 is 0 Å². The highest BCUT2D eigenvalue weighted by Gasteiger charge is 2.74. The largest absolute Gasteiger partial charge is 0.341 e. The minimum absolute atomic E-state index is 0.257. The van der Waals surface area contributed by atoms with E-state index in [1.165, 1.54) is 25.8 Å². The molecule has 5 rings (SSSR count). The second-order valence-corrected chi connectivity index (χ2v) is 8.64. The van der Waals surface area contributed by atoms with E-state index in [9.17, 15) is 9.18 Å². The molecule has 3 aliphatic carbocycles. The van der Waals surface area contributed by atoms with Crippen molar-refractivity contribution in [3.05, 3.63) is 0 Å². The molecule has 3 nitrogen and oxygen atoms in total. The SMILES string of the molecule is CC(C)N1CCCCC2(CN(C(=O)C34CC(F)(C3)C4)C2)C1. The average Bonchev–Trinajstić information content (AvgIpc) is 2.53. The van der Waals surface area contributed by atoms with Crippen LogP contribution in [0.15, 0.2) is 0 Å². The molecule has 21 heavy (non-hydrogen) atoms. The van der Waals surface area contributed by atoms with Gasteiger partial charge in [-0.1, -0.05) is 6.42 Å². The number of amides is 1. The Morgan fingerprint density at radius 2 is 1.76 bits per heavy atom. The molecule has 4 heteroatoms. The highest BCUT2D eigenvalue weighted by atomic mass is 19.1. The monoisotopic (exact) mass is 294 g/mol. The molecule has 1 amide bonds. The summed E-state index contributed by atoms with van der Waals surface area (Å²) < 4.78 is 13.6. The van der Waals surface area contributed by atoms with Gasteiger partial charge in [-0.2, -0.15) is 0 Å². The fourth-order valence-corrected chi connectivity index (χ4v) is 5.24. The Kier molecular flexibility index (Phi) is 2.81. The maximum Gasteiger partial charge on any atom is 0.229 e. The number of alkyl halides is 1. The van der Waals surface area contributed by atoms with Gasteiger partial charge in [0.15, 0.2) is 0 Å². The summed E-state index contributed by atoms with van der Waals surface area (Å²) in [5.74, 6) is 0.257. The molecule has 5 fully saturated rings. The summed E-state index contributed by atoms with van der Waals surface area (Å²) in [5.41, 5.74) is -0.916. The first-order chi connectivity index (χ1) is 9.86. The highest BCUT2D eigenvalue weighted by Crippen LogP contribution is 2.70. The van der Waals surface area contributed by atoms with Crippen LogP contribution in [0, 0.1) is 10.8 Å². The molecule has 0 radical (unpaired) electrons. The van der Waals surface area contributed by atoms with Crippen LogP contribution in [-0.4, -0.2) is 53.6 Å². The summed E-state index contributed by atoms with van der Waals surface area (Å²) in [5, 5.41) is 0. The summed E-state index contributed by atoms with van der Waals surface area (Å²) in [6.07, 6.45) is 5.31. The Bertz CT molecular complexity index is 450. The van der Waals surface area contributed by atoms with Gasteiger partial charge in [0.25, 0.3) is 0 Å². The van der Waals surface area contributed by atoms with E-state index in [4.69, 9.17) is 0 Å². The Balaban J connectivity index is 1.38. The van der Waals surface area contributed by atoms with Gasteiger partial charge in [0, 0.05) is 31.1 Å². The Labute approximate surface area is 126 Å². The van der Waals surface area contributed by atoms with E-state index in [1.54, 1.807) is 0 Å². The second kappa shape index (κ2) is 4.21. The molecule has 0 aromatic carbocycles. The van der Waals surface area contributed by atoms with Crippen LogP contribution >= 0.6 is 0 Å². The molecule has 0 atom stereocenters. The zero-order valence-corrected chi connectivity index (χ0v) is 13.3. The fourth-order valence-electron chi connectivity index (χ4n) is 5.24. The molecule has 2 heterocycles. The van der Waals surface area contributed by atoms with Crippen LogP contribution in [0.2, 0.25) is 0 Å². The standard InChI is InChI=1S/C17H27FN2O/c1-13(2)19-6-4-3-5-15(10-19)11-20(12-15)14(21)16-7-17(18,8-16)9-16/h13H,3-12H2,1-2H3. The Morgan fingerprint density at radius 3 is 2.33 bits per heavy atom. The zero-order valence-electron chi connectivity index (χ0n) is 13.3. The van der Waals surface area contributed by atoms with E-state index in [1.807, 2.05) is 4.90 Å². The summed E-state index contributed by atoms with van der Waals surface area (Å²) in [6.45, 7) is 8.69. The quantitative estimate of drug-likeness (QED) is 0.781. The van der Waals surface area contributed by atoms with Crippen LogP contribution in [0.25, 0.3) is 0 Å². The number of carbonyl (C=O) groups excluding carboxylic acids is 1. The first-order valence-electron chi connectivity index (χ1n) is 8.58. The maximum atomic E-state index is 13.6. The molecule has 0 aromatic rings. The van der Waals surface area contributed by atoms with Crippen LogP contribution in [0.1, 0.15) is 52.4 Å². The summed E-state index contributed by atoms with van der Waals surface area (Å²) in [4.78, 5) is 17.2. The fraction of sp³-hybridized carbons (Fsp3) is 0.941. The minimum atomic E-state index is -0.963. The third-order valence-corrected chi connectivity index (χ3v) is 6.43. The molecule has 2 bridgehead atoms. The van der Waals surface area contributed by atoms with Gasteiger partial charge in [-0.05, 0) is 52.5 Å². The molecule has 0 unspecified atom stereocenters. The molecule has 0 aromatic heterocycles. The smallest absolute Gasteiger partial charge is 0.229 e. The molecule has 5 aliphatic rings. The zero-order chi connectivity index (χ0) is 14.9. The van der Waals surface area contributed by atoms with Gasteiger partial charge in [-0.25, -0.2) is 4.39 Å². The lowest BCUT2D eigenvalue weighted by Crippen LogP contribution is -2.74. The molecule has 2 aliphatic heterocycles. The van der Waals surface area contributed by atoms with Gasteiger partial charge in [0.05, 0.1) is 5.41 Å². The maximum absolute atomic E-state index is 13.6. The van der Waals surface area contributed by atoms with E-state index >= 15 is 0 Å². The number of hydrogen-bond donors (Lipinski definition) is 0. The number of rotatable bonds is 2. The first-order valence-corrected chi connectivity index (χ1v) is 8.58. The van der Waals surface area contributed by atoms with Crippen molar-refractivity contribution in [1.82, 2.24) is 9.80 Å². The van der Waals surface area contributed by atoms with Crippen molar-refractivity contribution < 1.29 is 9.18 Å². The highest BCUT2D eigenvalue weighted by molar-refractivity contribution is 5.87. The minimum Gasteiger partial charge on any atom is -0.341 e. The third kappa shape index (κ3) is 1.97. The predicted molar refractivity (Wildman–Crippen MR) is 79.7 cm³/mol. The third-order valence-electron chi connectivity index (χ3n) is 6.43. The normalized spacial score (nSPS) is 41.2. The Hall–Kier alpha value is -0.640. The van der Waals surface area contributed by atoms with Crippen molar-refractivity contribution in [2.45, 2.75) is 64.1 Å². The summed E-state index contributed by atoms with van der Waals surface area (Å²) >= 11 is 0. The van der Waals surface area contributed by atoms with Gasteiger partial charge in [0.1, 0.15) is 5.67 Å². The van der Waals surface area contributed by atoms with E-state index in [-0.39, 0.29) is 11.3 Å². The molecular weight excluding hydrogens is 267 g/mol. The number of halogens is 1. The van der Waals surface area contributed by atoms with Crippen molar-refractivity contribution in [2.75, 3.05) is 26.2 Å². The van der Waals surface area contributed by atoms with Crippen LogP contribution in [0.3, 0.4) is 0 Å². The summed E-state index contributed by atoms with van der Waals surface area (Å²) in [7, 11) is 0. The lowest BCUT2D eigenvalue weighted by Gasteiger charge is -2.67. The summed E-state index contributed by atoms with van der Waals surface area (Å²) in [6, 6.07) is 0.591. The van der Waals surface area contributed by atoms with Crippen molar-refractivity contribution in [2.24, 2.45) is 10.8 Å². The topological polar surface area (TPSA) is 23.6 Å². The van der Waals surface area contributed by atoms with Crippen molar-refractivity contribution >= 4 is 5.91 Å². The molecule has 118 valence electrons. The van der Waals surface area contributed by atoms with E-state index < -0.39 is 5.67 Å². The van der Waals surface area contributed by atoms with Crippen molar-refractivity contribution in [3.8, 4) is 0 Å². The molecule has 0 N–H and O–H groups in total. The van der Waals surface area contributed by atoms with Gasteiger partial charge >= 0.3 is 0 Å². The molecule has 1 spiro atoms. The first kappa shape index (κ1) is 14.0. The lowest BCUT2D eigenvalue weighted by atomic mass is 9.41. The van der Waals surface area contributed by atoms with E-state index in [0.29, 0.717) is 30.7 Å². The van der Waals surface area contributed by atoms with Crippen molar-refractivity contribution in [1.29, 1.82) is 0 Å². The van der Waals surface area contributed by atoms with Gasteiger partial charge in [-0.3, -0.25) is 4.79 Å². The molecular formula is C17H27FN2O. The number of carbonyl (C=O) groups is 1. The van der Waals surface area contributed by atoms with E-state index in [0.717, 1.165) is 19.6 Å². The predicted octanol–water partition coefficient (Wildman–Crippen LogP) is 2.60. The van der Waals surface area contributed by atoms with Crippen molar-refractivity contribution in [3.63, 3.8) is 0 Å². The van der Waals surface area contributed by atoms with Gasteiger partial charge in [0.2, 0.25) is 5.91 Å². The Morgan fingerprint density at radius 1 is 1.10 bits per heavy atom. The van der Waals surface area contributed by atoms with Crippen LogP contribution in [-0.2, 0) is 4.79 Å². The lowest BCUT2D eigenvalue weighted by molar-refractivity contribution is -0.229. The van der Waals surface area contributed by atoms with Gasteiger partial charge in [-0.15, -0.1) is 0 Å². The second-order valence-electron chi connectivity index (χ2n) is 8.64. The number of nitrogens with zero attached hydrogens (tertiary/aromatic N) is 2. The number of hydrogen-bond acceptors (Lipinski definition) is 2. The van der Waals surface area contributed by atoms with E-state index in [2.05, 4.69) is 18.7 Å². The molecule has 2 saturated heterocycles. The van der Waals surface area contributed by atoms with Crippen LogP contribution in [0.4, 0.5) is 4.39 Å². The number of likely N-dealkylation sites (tertiary alicyclic amines) is 2. The average molecular weight is 294 g/mol. The van der Waals surface area contributed by atoms with Crippen LogP contribution in [0.5, 0.6) is 0 Å².